The molecule has 2 rings (SSSR count). The predicted octanol–water partition coefficient (Wildman–Crippen LogP) is 3.06. The molecule has 1 fully saturated rings. The minimum Gasteiger partial charge on any atom is -0.496 e. The molecule has 1 saturated carbocycles. The first kappa shape index (κ1) is 11.5. The van der Waals surface area contributed by atoms with Crippen LogP contribution in [0, 0.1) is 5.41 Å². The van der Waals surface area contributed by atoms with Gasteiger partial charge in [0, 0.05) is 11.1 Å². The third-order valence-electron chi connectivity index (χ3n) is 3.69. The lowest BCUT2D eigenvalue weighted by Gasteiger charge is -2.28. The fourth-order valence-electron chi connectivity index (χ4n) is 2.88. The Bertz CT molecular complexity index is 386. The molecule has 0 amide bonds. The van der Waals surface area contributed by atoms with Crippen molar-refractivity contribution in [3.63, 3.8) is 0 Å². The molecule has 0 saturated heterocycles. The first-order chi connectivity index (χ1) is 7.47. The van der Waals surface area contributed by atoms with E-state index >= 15 is 0 Å². The molecule has 16 heavy (non-hydrogen) atoms. The molecule has 1 aliphatic carbocycles. The normalized spacial score (nSPS) is 28.0. The highest BCUT2D eigenvalue weighted by atomic mass is 16.5. The molecule has 1 atom stereocenters. The van der Waals surface area contributed by atoms with Crippen LogP contribution < -0.4 is 10.5 Å². The molecule has 2 nitrogen and oxygen atoms in total. The average molecular weight is 219 g/mol. The van der Waals surface area contributed by atoms with Crippen LogP contribution in [-0.4, -0.2) is 7.11 Å². The summed E-state index contributed by atoms with van der Waals surface area (Å²) < 4.78 is 5.41. The molecule has 88 valence electrons. The van der Waals surface area contributed by atoms with Crippen LogP contribution in [0.25, 0.3) is 0 Å². The molecule has 1 unspecified atom stereocenters. The van der Waals surface area contributed by atoms with Crippen LogP contribution in [0.1, 0.15) is 38.7 Å². The Morgan fingerprint density at radius 1 is 1.19 bits per heavy atom. The van der Waals surface area contributed by atoms with E-state index in [-0.39, 0.29) is 5.54 Å². The third-order valence-corrected chi connectivity index (χ3v) is 3.69. The van der Waals surface area contributed by atoms with Crippen molar-refractivity contribution in [1.82, 2.24) is 0 Å². The summed E-state index contributed by atoms with van der Waals surface area (Å²) in [6, 6.07) is 8.12. The Balaban J connectivity index is 2.37. The van der Waals surface area contributed by atoms with Crippen LogP contribution in [0.4, 0.5) is 0 Å². The zero-order valence-corrected chi connectivity index (χ0v) is 10.4. The van der Waals surface area contributed by atoms with Crippen molar-refractivity contribution in [1.29, 1.82) is 0 Å². The summed E-state index contributed by atoms with van der Waals surface area (Å²) in [4.78, 5) is 0. The molecule has 2 N–H and O–H groups in total. The van der Waals surface area contributed by atoms with Gasteiger partial charge in [-0.3, -0.25) is 0 Å². The van der Waals surface area contributed by atoms with E-state index in [1.54, 1.807) is 7.11 Å². The van der Waals surface area contributed by atoms with Crippen molar-refractivity contribution in [3.05, 3.63) is 29.8 Å². The van der Waals surface area contributed by atoms with Crippen molar-refractivity contribution in [3.8, 4) is 5.75 Å². The molecule has 0 radical (unpaired) electrons. The summed E-state index contributed by atoms with van der Waals surface area (Å²) in [7, 11) is 1.71. The molecular weight excluding hydrogens is 198 g/mol. The zero-order valence-electron chi connectivity index (χ0n) is 10.4. The molecule has 2 heteroatoms. The molecule has 1 aromatic rings. The highest BCUT2D eigenvalue weighted by Gasteiger charge is 2.42. The van der Waals surface area contributed by atoms with Gasteiger partial charge in [-0.15, -0.1) is 0 Å². The van der Waals surface area contributed by atoms with Crippen LogP contribution in [0.15, 0.2) is 24.3 Å². The van der Waals surface area contributed by atoms with Gasteiger partial charge in [-0.2, -0.15) is 0 Å². The van der Waals surface area contributed by atoms with Crippen LogP contribution in [0.5, 0.6) is 5.75 Å². The lowest BCUT2D eigenvalue weighted by molar-refractivity contribution is 0.328. The molecular formula is C14H21NO. The fourth-order valence-corrected chi connectivity index (χ4v) is 2.88. The minimum atomic E-state index is -0.212. The van der Waals surface area contributed by atoms with Crippen molar-refractivity contribution < 1.29 is 4.74 Å². The molecule has 0 aliphatic heterocycles. The Morgan fingerprint density at radius 2 is 1.88 bits per heavy atom. The SMILES string of the molecule is COc1ccccc1C1(N)CCC(C)(C)C1. The van der Waals surface area contributed by atoms with Gasteiger partial charge in [-0.05, 0) is 30.7 Å². The van der Waals surface area contributed by atoms with Gasteiger partial charge in [0.25, 0.3) is 0 Å². The summed E-state index contributed by atoms with van der Waals surface area (Å²) in [6.45, 7) is 4.58. The Labute approximate surface area is 97.8 Å². The van der Waals surface area contributed by atoms with Gasteiger partial charge >= 0.3 is 0 Å². The Morgan fingerprint density at radius 3 is 2.44 bits per heavy atom. The maximum absolute atomic E-state index is 6.55. The van der Waals surface area contributed by atoms with E-state index in [4.69, 9.17) is 10.5 Å². The number of rotatable bonds is 2. The maximum atomic E-state index is 6.55. The fraction of sp³-hybridized carbons (Fsp3) is 0.571. The second kappa shape index (κ2) is 3.77. The topological polar surface area (TPSA) is 35.2 Å². The summed E-state index contributed by atoms with van der Waals surface area (Å²) in [6.07, 6.45) is 3.25. The van der Waals surface area contributed by atoms with E-state index in [1.807, 2.05) is 18.2 Å². The summed E-state index contributed by atoms with van der Waals surface area (Å²) >= 11 is 0. The van der Waals surface area contributed by atoms with Gasteiger partial charge in [0.1, 0.15) is 5.75 Å². The standard InChI is InChI=1S/C14H21NO/c1-13(2)8-9-14(15,10-13)11-6-4-5-7-12(11)16-3/h4-7H,8-10,15H2,1-3H3. The maximum Gasteiger partial charge on any atom is 0.123 e. The molecule has 0 aromatic heterocycles. The van der Waals surface area contributed by atoms with Gasteiger partial charge in [-0.25, -0.2) is 0 Å². The van der Waals surface area contributed by atoms with Gasteiger partial charge in [-0.1, -0.05) is 32.0 Å². The zero-order chi connectivity index (χ0) is 11.8. The highest BCUT2D eigenvalue weighted by Crippen LogP contribution is 2.49. The van der Waals surface area contributed by atoms with E-state index in [2.05, 4.69) is 19.9 Å². The first-order valence-corrected chi connectivity index (χ1v) is 5.89. The van der Waals surface area contributed by atoms with Crippen molar-refractivity contribution >= 4 is 0 Å². The lowest BCUT2D eigenvalue weighted by atomic mass is 9.83. The quantitative estimate of drug-likeness (QED) is 0.829. The molecule has 1 aromatic carbocycles. The predicted molar refractivity (Wildman–Crippen MR) is 66.5 cm³/mol. The number of benzene rings is 1. The number of para-hydroxylation sites is 1. The number of hydrogen-bond acceptors (Lipinski definition) is 2. The minimum absolute atomic E-state index is 0.212. The lowest BCUT2D eigenvalue weighted by Crippen LogP contribution is -2.34. The Hall–Kier alpha value is -1.02. The van der Waals surface area contributed by atoms with Crippen LogP contribution in [-0.2, 0) is 5.54 Å². The third kappa shape index (κ3) is 1.94. The number of hydrogen-bond donors (Lipinski definition) is 1. The van der Waals surface area contributed by atoms with Crippen molar-refractivity contribution in [2.75, 3.05) is 7.11 Å². The summed E-state index contributed by atoms with van der Waals surface area (Å²) in [5.74, 6) is 0.919. The van der Waals surface area contributed by atoms with Gasteiger partial charge < -0.3 is 10.5 Å². The molecule has 0 bridgehead atoms. The highest BCUT2D eigenvalue weighted by molar-refractivity contribution is 5.39. The first-order valence-electron chi connectivity index (χ1n) is 5.89. The molecule has 1 aliphatic rings. The van der Waals surface area contributed by atoms with Gasteiger partial charge in [0.05, 0.1) is 7.11 Å². The van der Waals surface area contributed by atoms with E-state index in [0.29, 0.717) is 5.41 Å². The van der Waals surface area contributed by atoms with E-state index in [1.165, 1.54) is 6.42 Å². The van der Waals surface area contributed by atoms with Crippen LogP contribution >= 0.6 is 0 Å². The number of methoxy groups -OCH3 is 1. The Kier molecular flexibility index (Phi) is 2.70. The largest absolute Gasteiger partial charge is 0.496 e. The van der Waals surface area contributed by atoms with Gasteiger partial charge in [0.15, 0.2) is 0 Å². The monoisotopic (exact) mass is 219 g/mol. The van der Waals surface area contributed by atoms with E-state index in [0.717, 1.165) is 24.2 Å². The molecule has 0 spiro atoms. The van der Waals surface area contributed by atoms with Crippen LogP contribution in [0.2, 0.25) is 0 Å². The molecule has 0 heterocycles. The van der Waals surface area contributed by atoms with Crippen molar-refractivity contribution in [2.24, 2.45) is 11.1 Å². The second-order valence-electron chi connectivity index (χ2n) is 5.70. The smallest absolute Gasteiger partial charge is 0.123 e. The summed E-state index contributed by atoms with van der Waals surface area (Å²) in [5, 5.41) is 0. The number of nitrogens with two attached hydrogens (primary N) is 1. The van der Waals surface area contributed by atoms with Crippen molar-refractivity contribution in [2.45, 2.75) is 38.6 Å². The second-order valence-corrected chi connectivity index (χ2v) is 5.70. The summed E-state index contributed by atoms with van der Waals surface area (Å²) in [5.41, 5.74) is 7.84. The van der Waals surface area contributed by atoms with Gasteiger partial charge in [0.2, 0.25) is 0 Å². The number of ether oxygens (including phenoxy) is 1. The van der Waals surface area contributed by atoms with E-state index < -0.39 is 0 Å². The van der Waals surface area contributed by atoms with Crippen LogP contribution in [0.3, 0.4) is 0 Å². The average Bonchev–Trinajstić information content (AvgIpc) is 2.54. The van der Waals surface area contributed by atoms with E-state index in [9.17, 15) is 0 Å².